The van der Waals surface area contributed by atoms with Crippen molar-refractivity contribution in [1.29, 1.82) is 0 Å². The summed E-state index contributed by atoms with van der Waals surface area (Å²) in [5.74, 6) is -2.11. The van der Waals surface area contributed by atoms with Crippen molar-refractivity contribution in [2.45, 2.75) is 59.3 Å². The van der Waals surface area contributed by atoms with Crippen molar-refractivity contribution in [2.75, 3.05) is 0 Å². The van der Waals surface area contributed by atoms with E-state index in [-0.39, 0.29) is 11.5 Å². The van der Waals surface area contributed by atoms with E-state index < -0.39 is 39.5 Å². The van der Waals surface area contributed by atoms with E-state index >= 15 is 0 Å². The molecule has 7 nitrogen and oxygen atoms in total. The third-order valence-corrected chi connectivity index (χ3v) is 7.87. The van der Waals surface area contributed by atoms with Crippen LogP contribution in [-0.2, 0) is 16.2 Å². The van der Waals surface area contributed by atoms with Crippen molar-refractivity contribution in [1.82, 2.24) is 9.88 Å². The number of carbonyl (C=O) groups is 2. The molecule has 1 unspecified atom stereocenters. The number of carbonyl (C=O) groups excluding carboxylic acids is 1. The fourth-order valence-corrected chi connectivity index (χ4v) is 5.11. The summed E-state index contributed by atoms with van der Waals surface area (Å²) in [6.07, 6.45) is 0. The van der Waals surface area contributed by atoms with Gasteiger partial charge in [-0.25, -0.2) is 0 Å². The monoisotopic (exact) mass is 544 g/mol. The van der Waals surface area contributed by atoms with E-state index in [1.54, 1.807) is 97.0 Å². The number of carboxylic acid groups (broad SMARTS) is 1. The van der Waals surface area contributed by atoms with Crippen LogP contribution in [0, 0.1) is 18.3 Å². The highest BCUT2D eigenvalue weighted by Gasteiger charge is 2.46. The van der Waals surface area contributed by atoms with Crippen molar-refractivity contribution < 1.29 is 23.8 Å². The van der Waals surface area contributed by atoms with Gasteiger partial charge in [0.15, 0.2) is 11.5 Å². The van der Waals surface area contributed by atoms with Crippen molar-refractivity contribution in [3.05, 3.63) is 76.1 Å². The van der Waals surface area contributed by atoms with Gasteiger partial charge in [-0.2, -0.15) is 0 Å². The summed E-state index contributed by atoms with van der Waals surface area (Å²) < 4.78 is 21.4. The molecule has 2 aromatic carbocycles. The van der Waals surface area contributed by atoms with Crippen LogP contribution in [0.1, 0.15) is 75.0 Å². The number of nitrogens with one attached hydrogen (secondary N) is 1. The van der Waals surface area contributed by atoms with Gasteiger partial charge in [-0.1, -0.05) is 61.8 Å². The second kappa shape index (κ2) is 11.0. The second-order valence-corrected chi connectivity index (χ2v) is 13.5. The van der Waals surface area contributed by atoms with E-state index in [4.69, 9.17) is 16.1 Å². The zero-order chi connectivity index (χ0) is 27.7. The van der Waals surface area contributed by atoms with Gasteiger partial charge in [0.1, 0.15) is 10.8 Å². The highest BCUT2D eigenvalue weighted by atomic mass is 35.5. The number of carboxylic acids is 1. The molecule has 3 atom stereocenters. The first-order chi connectivity index (χ1) is 17.1. The van der Waals surface area contributed by atoms with E-state index in [2.05, 4.69) is 9.88 Å². The number of ketones is 1. The largest absolute Gasteiger partial charge is 0.598 e. The second-order valence-electron chi connectivity index (χ2n) is 11.0. The third kappa shape index (κ3) is 6.44. The van der Waals surface area contributed by atoms with E-state index in [1.165, 1.54) is 0 Å². The molecule has 198 valence electrons. The van der Waals surface area contributed by atoms with E-state index in [0.717, 1.165) is 0 Å². The summed E-state index contributed by atoms with van der Waals surface area (Å²) in [6, 6.07) is 12.6. The molecule has 0 bridgehead atoms. The first kappa shape index (κ1) is 28.9. The molecule has 0 fully saturated rings. The Hall–Kier alpha value is -2.65. The lowest BCUT2D eigenvalue weighted by molar-refractivity contribution is -0.147. The first-order valence-corrected chi connectivity index (χ1v) is 13.4. The topological polar surface area (TPSA) is 115 Å². The Kier molecular flexibility index (Phi) is 8.59. The fourth-order valence-electron chi connectivity index (χ4n) is 4.16. The molecule has 9 heteroatoms. The third-order valence-electron chi connectivity index (χ3n) is 6.04. The van der Waals surface area contributed by atoms with Gasteiger partial charge in [0.25, 0.3) is 0 Å². The van der Waals surface area contributed by atoms with Crippen molar-refractivity contribution in [2.24, 2.45) is 11.3 Å². The van der Waals surface area contributed by atoms with Crippen LogP contribution in [0.2, 0.25) is 5.02 Å². The average Bonchev–Trinajstić information content (AvgIpc) is 3.17. The first-order valence-electron chi connectivity index (χ1n) is 11.9. The van der Waals surface area contributed by atoms with Crippen LogP contribution in [0.3, 0.4) is 0 Å². The minimum Gasteiger partial charge on any atom is -0.598 e. The van der Waals surface area contributed by atoms with Crippen LogP contribution in [0.5, 0.6) is 0 Å². The number of hydrogen-bond acceptors (Lipinski definition) is 6. The van der Waals surface area contributed by atoms with Crippen LogP contribution in [-0.4, -0.2) is 31.3 Å². The van der Waals surface area contributed by atoms with Gasteiger partial charge in [0.05, 0.1) is 17.2 Å². The number of benzene rings is 2. The number of aliphatic carboxylic acids is 1. The molecule has 0 saturated heterocycles. The number of halogens is 1. The van der Waals surface area contributed by atoms with E-state index in [9.17, 15) is 19.2 Å². The zero-order valence-corrected chi connectivity index (χ0v) is 23.7. The quantitative estimate of drug-likeness (QED) is 0.250. The molecule has 0 spiro atoms. The summed E-state index contributed by atoms with van der Waals surface area (Å²) >= 11 is 4.38. The van der Waals surface area contributed by atoms with Crippen molar-refractivity contribution in [3.63, 3.8) is 0 Å². The van der Waals surface area contributed by atoms with E-state index in [0.29, 0.717) is 33.0 Å². The summed E-state index contributed by atoms with van der Waals surface area (Å²) in [5.41, 5.74) is 1.64. The van der Waals surface area contributed by atoms with Gasteiger partial charge in [0, 0.05) is 27.5 Å². The maximum Gasteiger partial charge on any atom is 0.309 e. The molecule has 0 radical (unpaired) electrons. The minimum atomic E-state index is -1.62. The Morgan fingerprint density at radius 3 is 2.19 bits per heavy atom. The Morgan fingerprint density at radius 1 is 1.05 bits per heavy atom. The molecule has 37 heavy (non-hydrogen) atoms. The van der Waals surface area contributed by atoms with Crippen LogP contribution in [0.4, 0.5) is 0 Å². The zero-order valence-electron chi connectivity index (χ0n) is 22.1. The van der Waals surface area contributed by atoms with Crippen LogP contribution >= 0.6 is 11.6 Å². The minimum absolute atomic E-state index is 0.216. The van der Waals surface area contributed by atoms with Crippen molar-refractivity contribution >= 4 is 34.7 Å². The molecule has 0 saturated carbocycles. The van der Waals surface area contributed by atoms with E-state index in [1.807, 2.05) is 0 Å². The van der Waals surface area contributed by atoms with Gasteiger partial charge in [-0.15, -0.1) is 4.72 Å². The number of nitrogens with zero attached hydrogens (tertiary/aromatic N) is 1. The van der Waals surface area contributed by atoms with Gasteiger partial charge < -0.3 is 14.2 Å². The Bertz CT molecular complexity index is 1270. The smallest absolute Gasteiger partial charge is 0.309 e. The summed E-state index contributed by atoms with van der Waals surface area (Å²) in [4.78, 5) is 26.1. The summed E-state index contributed by atoms with van der Waals surface area (Å²) in [6.45, 7) is 12.5. The molecule has 3 rings (SSSR count). The highest BCUT2D eigenvalue weighted by Crippen LogP contribution is 2.43. The molecule has 1 heterocycles. The predicted molar refractivity (Wildman–Crippen MR) is 146 cm³/mol. The number of aryl methyl sites for hydroxylation is 1. The van der Waals surface area contributed by atoms with Crippen LogP contribution < -0.4 is 4.72 Å². The molecular weight excluding hydrogens is 512 g/mol. The average molecular weight is 545 g/mol. The lowest BCUT2D eigenvalue weighted by atomic mass is 9.75. The number of rotatable bonds is 8. The summed E-state index contributed by atoms with van der Waals surface area (Å²) in [5, 5.41) is 14.9. The number of aromatic nitrogens is 1. The maximum absolute atomic E-state index is 13.5. The van der Waals surface area contributed by atoms with Crippen LogP contribution in [0.25, 0.3) is 11.1 Å². The normalized spacial score (nSPS) is 14.7. The molecule has 0 aliphatic heterocycles. The van der Waals surface area contributed by atoms with Gasteiger partial charge >= 0.3 is 5.97 Å². The Labute approximate surface area is 225 Å². The standard InChI is InChI=1S/C28H33ClN2O5S/c1-16-21(19-10-8-9-11-20(19)24(32)17-12-14-18(29)15-13-17)25(36-30-16)23(31-37(35)28(5,6)7)22(26(33)34)27(2,3)4/h8-15,22-23,31H,1-7H3,(H,33,34)/t22?,23-,37-/m1/s1. The fraction of sp³-hybridized carbons (Fsp3) is 0.393. The van der Waals surface area contributed by atoms with Crippen molar-refractivity contribution in [3.8, 4) is 11.1 Å². The lowest BCUT2D eigenvalue weighted by Gasteiger charge is -2.35. The molecule has 2 N–H and O–H groups in total. The molecule has 0 aliphatic carbocycles. The molecule has 0 amide bonds. The number of hydrogen-bond donors (Lipinski definition) is 2. The molecule has 1 aromatic heterocycles. The Morgan fingerprint density at radius 2 is 1.65 bits per heavy atom. The molecule has 3 aromatic rings. The lowest BCUT2D eigenvalue weighted by Crippen LogP contribution is -2.47. The maximum atomic E-state index is 13.5. The van der Waals surface area contributed by atoms with Gasteiger partial charge in [-0.05, 0) is 62.9 Å². The molecular formula is C28H33ClN2O5S. The molecule has 0 aliphatic rings. The summed E-state index contributed by atoms with van der Waals surface area (Å²) in [7, 11) is 0. The van der Waals surface area contributed by atoms with Gasteiger partial charge in [0.2, 0.25) is 0 Å². The van der Waals surface area contributed by atoms with Gasteiger partial charge in [-0.3, -0.25) is 9.59 Å². The SMILES string of the molecule is Cc1noc([C@H](N[S@+]([O-])C(C)(C)C)C(C(=O)O)C(C)(C)C)c1-c1ccccc1C(=O)c1ccc(Cl)cc1. The van der Waals surface area contributed by atoms with Crippen LogP contribution in [0.15, 0.2) is 53.1 Å². The highest BCUT2D eigenvalue weighted by molar-refractivity contribution is 7.90. The predicted octanol–water partition coefficient (Wildman–Crippen LogP) is 6.37. The Balaban J connectivity index is 2.23.